The molecule has 1 saturated heterocycles. The van der Waals surface area contributed by atoms with Gasteiger partial charge in [0.15, 0.2) is 0 Å². The van der Waals surface area contributed by atoms with Crippen molar-refractivity contribution >= 4 is 17.6 Å². The van der Waals surface area contributed by atoms with Gasteiger partial charge in [0.05, 0.1) is 5.92 Å². The van der Waals surface area contributed by atoms with Crippen molar-refractivity contribution in [1.82, 2.24) is 9.97 Å². The van der Waals surface area contributed by atoms with E-state index in [1.165, 1.54) is 6.33 Å². The minimum Gasteiger partial charge on any atom is -0.481 e. The molecule has 0 spiro atoms. The highest BCUT2D eigenvalue weighted by Gasteiger charge is 2.26. The highest BCUT2D eigenvalue weighted by atomic mass is 16.4. The predicted octanol–water partition coefficient (Wildman–Crippen LogP) is 1.21. The standard InChI is InChI=1S/C12H18N4O2/c1-2-13-10-6-11(15-8-14-10)16-5-3-4-9(7-16)12(17)18/h6,8-9H,2-5,7H2,1H3,(H,17,18)(H,13,14,15). The topological polar surface area (TPSA) is 78.4 Å². The lowest BCUT2D eigenvalue weighted by Gasteiger charge is -2.31. The molecule has 1 aliphatic heterocycles. The van der Waals surface area contributed by atoms with Gasteiger partial charge in [-0.05, 0) is 19.8 Å². The van der Waals surface area contributed by atoms with Crippen LogP contribution in [0.4, 0.5) is 11.6 Å². The van der Waals surface area contributed by atoms with Crippen molar-refractivity contribution < 1.29 is 9.90 Å². The van der Waals surface area contributed by atoms with Crippen LogP contribution in [-0.2, 0) is 4.79 Å². The predicted molar refractivity (Wildman–Crippen MR) is 68.8 cm³/mol. The third-order valence-corrected chi connectivity index (χ3v) is 3.11. The van der Waals surface area contributed by atoms with Crippen molar-refractivity contribution in [3.05, 3.63) is 12.4 Å². The van der Waals surface area contributed by atoms with Crippen molar-refractivity contribution in [3.8, 4) is 0 Å². The normalized spacial score (nSPS) is 19.6. The lowest BCUT2D eigenvalue weighted by molar-refractivity contribution is -0.141. The van der Waals surface area contributed by atoms with E-state index in [1.807, 2.05) is 17.9 Å². The number of aliphatic carboxylic acids is 1. The Morgan fingerprint density at radius 1 is 1.61 bits per heavy atom. The molecule has 2 heterocycles. The molecule has 18 heavy (non-hydrogen) atoms. The van der Waals surface area contributed by atoms with Gasteiger partial charge in [-0.25, -0.2) is 9.97 Å². The second-order valence-corrected chi connectivity index (χ2v) is 4.42. The maximum atomic E-state index is 11.0. The first kappa shape index (κ1) is 12.6. The lowest BCUT2D eigenvalue weighted by atomic mass is 9.98. The molecule has 1 atom stereocenters. The molecular weight excluding hydrogens is 232 g/mol. The molecule has 1 aromatic rings. The van der Waals surface area contributed by atoms with Crippen molar-refractivity contribution in [2.45, 2.75) is 19.8 Å². The molecule has 0 radical (unpaired) electrons. The van der Waals surface area contributed by atoms with E-state index >= 15 is 0 Å². The fourth-order valence-electron chi connectivity index (χ4n) is 2.18. The second kappa shape index (κ2) is 5.66. The Labute approximate surface area is 106 Å². The smallest absolute Gasteiger partial charge is 0.308 e. The molecule has 6 heteroatoms. The van der Waals surface area contributed by atoms with Crippen molar-refractivity contribution in [1.29, 1.82) is 0 Å². The first-order valence-corrected chi connectivity index (χ1v) is 6.24. The fraction of sp³-hybridized carbons (Fsp3) is 0.583. The summed E-state index contributed by atoms with van der Waals surface area (Å²) >= 11 is 0. The van der Waals surface area contributed by atoms with Gasteiger partial charge in [0.25, 0.3) is 0 Å². The summed E-state index contributed by atoms with van der Waals surface area (Å²) < 4.78 is 0. The molecule has 6 nitrogen and oxygen atoms in total. The zero-order valence-electron chi connectivity index (χ0n) is 10.5. The van der Waals surface area contributed by atoms with E-state index in [1.54, 1.807) is 0 Å². The Morgan fingerprint density at radius 3 is 3.17 bits per heavy atom. The van der Waals surface area contributed by atoms with E-state index in [0.717, 1.165) is 37.6 Å². The zero-order chi connectivity index (χ0) is 13.0. The van der Waals surface area contributed by atoms with Gasteiger partial charge in [0.2, 0.25) is 0 Å². The van der Waals surface area contributed by atoms with Gasteiger partial charge in [-0.1, -0.05) is 0 Å². The Balaban J connectivity index is 2.10. The summed E-state index contributed by atoms with van der Waals surface area (Å²) in [6.07, 6.45) is 3.15. The molecule has 0 aliphatic carbocycles. The molecular formula is C12H18N4O2. The van der Waals surface area contributed by atoms with Crippen LogP contribution in [0.5, 0.6) is 0 Å². The van der Waals surface area contributed by atoms with Gasteiger partial charge >= 0.3 is 5.97 Å². The number of hydrogen-bond donors (Lipinski definition) is 2. The van der Waals surface area contributed by atoms with Crippen molar-refractivity contribution in [3.63, 3.8) is 0 Å². The fourth-order valence-corrected chi connectivity index (χ4v) is 2.18. The molecule has 0 bridgehead atoms. The number of piperidine rings is 1. The molecule has 2 rings (SSSR count). The number of hydrogen-bond acceptors (Lipinski definition) is 5. The number of carbonyl (C=O) groups is 1. The van der Waals surface area contributed by atoms with E-state index in [4.69, 9.17) is 5.11 Å². The SMILES string of the molecule is CCNc1cc(N2CCCC(C(=O)O)C2)ncn1. The number of carboxylic acid groups (broad SMARTS) is 1. The van der Waals surface area contributed by atoms with Crippen molar-refractivity contribution in [2.24, 2.45) is 5.92 Å². The Hall–Kier alpha value is -1.85. The molecule has 0 saturated carbocycles. The van der Waals surface area contributed by atoms with Crippen molar-refractivity contribution in [2.75, 3.05) is 29.9 Å². The van der Waals surface area contributed by atoms with Gasteiger partial charge in [-0.2, -0.15) is 0 Å². The summed E-state index contributed by atoms with van der Waals surface area (Å²) in [6.45, 7) is 4.18. The molecule has 1 unspecified atom stereocenters. The van der Waals surface area contributed by atoms with E-state index < -0.39 is 5.97 Å². The minimum atomic E-state index is -0.722. The van der Waals surface area contributed by atoms with Crippen LogP contribution < -0.4 is 10.2 Å². The summed E-state index contributed by atoms with van der Waals surface area (Å²) in [4.78, 5) is 21.4. The molecule has 0 aromatic carbocycles. The second-order valence-electron chi connectivity index (χ2n) is 4.42. The van der Waals surface area contributed by atoms with Crippen LogP contribution in [0.1, 0.15) is 19.8 Å². The lowest BCUT2D eigenvalue weighted by Crippen LogP contribution is -2.39. The largest absolute Gasteiger partial charge is 0.481 e. The van der Waals surface area contributed by atoms with Crippen LogP contribution in [0, 0.1) is 5.92 Å². The van der Waals surface area contributed by atoms with E-state index in [0.29, 0.717) is 6.54 Å². The number of rotatable bonds is 4. The number of carboxylic acids is 1. The van der Waals surface area contributed by atoms with Crippen LogP contribution in [0.25, 0.3) is 0 Å². The Kier molecular flexibility index (Phi) is 3.96. The van der Waals surface area contributed by atoms with Gasteiger partial charge in [0, 0.05) is 25.7 Å². The Morgan fingerprint density at radius 2 is 2.44 bits per heavy atom. The quantitative estimate of drug-likeness (QED) is 0.836. The number of aromatic nitrogens is 2. The average molecular weight is 250 g/mol. The zero-order valence-corrected chi connectivity index (χ0v) is 10.5. The summed E-state index contributed by atoms with van der Waals surface area (Å²) in [5.41, 5.74) is 0. The third-order valence-electron chi connectivity index (χ3n) is 3.11. The number of anilines is 2. The maximum absolute atomic E-state index is 11.0. The highest BCUT2D eigenvalue weighted by molar-refractivity contribution is 5.71. The molecule has 1 aromatic heterocycles. The first-order valence-electron chi connectivity index (χ1n) is 6.24. The van der Waals surface area contributed by atoms with E-state index in [-0.39, 0.29) is 5.92 Å². The van der Waals surface area contributed by atoms with Gasteiger partial charge in [-0.3, -0.25) is 4.79 Å². The monoisotopic (exact) mass is 250 g/mol. The number of nitrogens with one attached hydrogen (secondary N) is 1. The minimum absolute atomic E-state index is 0.295. The first-order chi connectivity index (χ1) is 8.70. The molecule has 0 amide bonds. The molecule has 1 fully saturated rings. The van der Waals surface area contributed by atoms with Gasteiger partial charge in [0.1, 0.15) is 18.0 Å². The van der Waals surface area contributed by atoms with E-state index in [9.17, 15) is 4.79 Å². The van der Waals surface area contributed by atoms with Crippen LogP contribution in [0.15, 0.2) is 12.4 Å². The number of nitrogens with zero attached hydrogens (tertiary/aromatic N) is 3. The summed E-state index contributed by atoms with van der Waals surface area (Å²) in [5, 5.41) is 12.2. The van der Waals surface area contributed by atoms with E-state index in [2.05, 4.69) is 15.3 Å². The molecule has 2 N–H and O–H groups in total. The molecule has 98 valence electrons. The van der Waals surface area contributed by atoms with Crippen LogP contribution in [-0.4, -0.2) is 40.7 Å². The molecule has 1 aliphatic rings. The van der Waals surface area contributed by atoms with Gasteiger partial charge < -0.3 is 15.3 Å². The third kappa shape index (κ3) is 2.88. The average Bonchev–Trinajstić information content (AvgIpc) is 2.39. The highest BCUT2D eigenvalue weighted by Crippen LogP contribution is 2.22. The van der Waals surface area contributed by atoms with Gasteiger partial charge in [-0.15, -0.1) is 0 Å². The Bertz CT molecular complexity index is 424. The summed E-state index contributed by atoms with van der Waals surface area (Å²) in [6, 6.07) is 1.87. The van der Waals surface area contributed by atoms with Crippen LogP contribution in [0.3, 0.4) is 0 Å². The van der Waals surface area contributed by atoms with Crippen LogP contribution >= 0.6 is 0 Å². The summed E-state index contributed by atoms with van der Waals surface area (Å²) in [5.74, 6) is 0.559. The maximum Gasteiger partial charge on any atom is 0.308 e. The van der Waals surface area contributed by atoms with Crippen LogP contribution in [0.2, 0.25) is 0 Å². The summed E-state index contributed by atoms with van der Waals surface area (Å²) in [7, 11) is 0.